The quantitative estimate of drug-likeness (QED) is 0.938. The Hall–Kier alpha value is -1.73. The molecule has 0 saturated heterocycles. The standard InChI is InChI=1S/C15H17FN2O3S/c1-10-5-6-12-13(3-2-4-14(12)16)15(10)18-22(19,20)9-11-7-8-21-17-11/h2-4,7-8,10,15,18H,5-6,9H2,1H3. The largest absolute Gasteiger partial charge is 0.364 e. The Balaban J connectivity index is 1.87. The van der Waals surface area contributed by atoms with Crippen molar-refractivity contribution in [3.05, 3.63) is 53.2 Å². The first-order valence-corrected chi connectivity index (χ1v) is 8.78. The minimum Gasteiger partial charge on any atom is -0.364 e. The smallest absolute Gasteiger partial charge is 0.218 e. The topological polar surface area (TPSA) is 72.2 Å². The van der Waals surface area contributed by atoms with E-state index in [-0.39, 0.29) is 17.5 Å². The molecule has 2 aromatic rings. The molecule has 1 aromatic carbocycles. The van der Waals surface area contributed by atoms with E-state index >= 15 is 0 Å². The molecule has 0 radical (unpaired) electrons. The lowest BCUT2D eigenvalue weighted by molar-refractivity contribution is 0.375. The average molecular weight is 324 g/mol. The molecule has 0 aliphatic heterocycles. The SMILES string of the molecule is CC1CCc2c(F)cccc2C1NS(=O)(=O)Cc1ccon1. The molecule has 3 rings (SSSR count). The van der Waals surface area contributed by atoms with Crippen molar-refractivity contribution < 1.29 is 17.3 Å². The van der Waals surface area contributed by atoms with Crippen molar-refractivity contribution in [2.75, 3.05) is 0 Å². The van der Waals surface area contributed by atoms with Gasteiger partial charge in [0.2, 0.25) is 10.0 Å². The molecule has 0 amide bonds. The third-order valence-electron chi connectivity index (χ3n) is 4.04. The summed E-state index contributed by atoms with van der Waals surface area (Å²) in [6.07, 6.45) is 2.70. The molecule has 0 fully saturated rings. The van der Waals surface area contributed by atoms with Crippen LogP contribution >= 0.6 is 0 Å². The number of hydrogen-bond donors (Lipinski definition) is 1. The van der Waals surface area contributed by atoms with Crippen LogP contribution in [-0.2, 0) is 22.2 Å². The van der Waals surface area contributed by atoms with E-state index in [2.05, 4.69) is 14.4 Å². The van der Waals surface area contributed by atoms with Crippen molar-refractivity contribution in [2.45, 2.75) is 31.6 Å². The predicted molar refractivity (Wildman–Crippen MR) is 78.9 cm³/mol. The van der Waals surface area contributed by atoms with Crippen LogP contribution in [0.5, 0.6) is 0 Å². The molecule has 0 saturated carbocycles. The predicted octanol–water partition coefficient (Wildman–Crippen LogP) is 2.56. The van der Waals surface area contributed by atoms with E-state index in [0.717, 1.165) is 12.0 Å². The number of hydrogen-bond acceptors (Lipinski definition) is 4. The minimum atomic E-state index is -3.59. The molecule has 118 valence electrons. The Morgan fingerprint density at radius 2 is 2.23 bits per heavy atom. The van der Waals surface area contributed by atoms with Gasteiger partial charge in [-0.1, -0.05) is 24.2 Å². The summed E-state index contributed by atoms with van der Waals surface area (Å²) < 4.78 is 45.9. The molecule has 1 heterocycles. The highest BCUT2D eigenvalue weighted by Gasteiger charge is 2.31. The molecule has 7 heteroatoms. The van der Waals surface area contributed by atoms with Crippen LogP contribution in [0.4, 0.5) is 4.39 Å². The molecule has 1 aromatic heterocycles. The normalized spacial score (nSPS) is 21.5. The van der Waals surface area contributed by atoms with E-state index in [9.17, 15) is 12.8 Å². The van der Waals surface area contributed by atoms with Gasteiger partial charge in [-0.2, -0.15) is 0 Å². The Morgan fingerprint density at radius 3 is 2.95 bits per heavy atom. The van der Waals surface area contributed by atoms with Gasteiger partial charge in [-0.3, -0.25) is 0 Å². The second-order valence-corrected chi connectivity index (χ2v) is 7.42. The summed E-state index contributed by atoms with van der Waals surface area (Å²) in [5, 5.41) is 3.62. The van der Waals surface area contributed by atoms with Crippen molar-refractivity contribution in [1.29, 1.82) is 0 Å². The van der Waals surface area contributed by atoms with Crippen LogP contribution < -0.4 is 4.72 Å². The maximum Gasteiger partial charge on any atom is 0.218 e. The average Bonchev–Trinajstić information content (AvgIpc) is 2.94. The van der Waals surface area contributed by atoms with Gasteiger partial charge < -0.3 is 4.52 Å². The lowest BCUT2D eigenvalue weighted by Gasteiger charge is -2.32. The highest BCUT2D eigenvalue weighted by Crippen LogP contribution is 2.36. The van der Waals surface area contributed by atoms with Gasteiger partial charge in [-0.25, -0.2) is 17.5 Å². The van der Waals surface area contributed by atoms with Crippen molar-refractivity contribution in [3.63, 3.8) is 0 Å². The minimum absolute atomic E-state index is 0.0985. The number of sulfonamides is 1. The van der Waals surface area contributed by atoms with E-state index < -0.39 is 16.1 Å². The molecule has 0 spiro atoms. The summed E-state index contributed by atoms with van der Waals surface area (Å²) in [7, 11) is -3.59. The van der Waals surface area contributed by atoms with Gasteiger partial charge in [0.1, 0.15) is 17.8 Å². The van der Waals surface area contributed by atoms with Gasteiger partial charge in [0.05, 0.1) is 5.69 Å². The van der Waals surface area contributed by atoms with E-state index in [4.69, 9.17) is 0 Å². The number of nitrogens with zero attached hydrogens (tertiary/aromatic N) is 1. The fraction of sp³-hybridized carbons (Fsp3) is 0.400. The first kappa shape index (κ1) is 15.2. The van der Waals surface area contributed by atoms with Gasteiger partial charge in [0, 0.05) is 12.1 Å². The number of benzene rings is 1. The molecular formula is C15H17FN2O3S. The Labute approximate surface area is 128 Å². The summed E-state index contributed by atoms with van der Waals surface area (Å²) in [4.78, 5) is 0. The molecule has 1 aliphatic carbocycles. The zero-order chi connectivity index (χ0) is 15.7. The second kappa shape index (κ2) is 5.81. The van der Waals surface area contributed by atoms with Crippen LogP contribution in [0, 0.1) is 11.7 Å². The van der Waals surface area contributed by atoms with Crippen molar-refractivity contribution in [1.82, 2.24) is 9.88 Å². The summed E-state index contributed by atoms with van der Waals surface area (Å²) in [5.74, 6) is -0.427. The van der Waals surface area contributed by atoms with Crippen LogP contribution in [0.2, 0.25) is 0 Å². The first-order chi connectivity index (χ1) is 10.5. The lowest BCUT2D eigenvalue weighted by atomic mass is 9.81. The zero-order valence-electron chi connectivity index (χ0n) is 12.1. The summed E-state index contributed by atoms with van der Waals surface area (Å²) >= 11 is 0. The number of fused-ring (bicyclic) bond motifs is 1. The second-order valence-electron chi connectivity index (χ2n) is 5.67. The lowest BCUT2D eigenvalue weighted by Crippen LogP contribution is -2.36. The Kier molecular flexibility index (Phi) is 4.01. The fourth-order valence-electron chi connectivity index (χ4n) is 2.90. The zero-order valence-corrected chi connectivity index (χ0v) is 12.9. The molecule has 1 N–H and O–H groups in total. The van der Waals surface area contributed by atoms with Gasteiger partial charge in [-0.15, -0.1) is 0 Å². The first-order valence-electron chi connectivity index (χ1n) is 7.13. The number of aromatic nitrogens is 1. The maximum absolute atomic E-state index is 13.9. The van der Waals surface area contributed by atoms with Gasteiger partial charge in [0.15, 0.2) is 0 Å². The van der Waals surface area contributed by atoms with E-state index in [1.807, 2.05) is 6.92 Å². The van der Waals surface area contributed by atoms with Crippen LogP contribution in [0.15, 0.2) is 35.1 Å². The molecule has 2 unspecified atom stereocenters. The molecule has 2 atom stereocenters. The molecule has 0 bridgehead atoms. The van der Waals surface area contributed by atoms with Gasteiger partial charge >= 0.3 is 0 Å². The van der Waals surface area contributed by atoms with E-state index in [1.165, 1.54) is 18.4 Å². The van der Waals surface area contributed by atoms with Crippen LogP contribution in [0.3, 0.4) is 0 Å². The highest BCUT2D eigenvalue weighted by molar-refractivity contribution is 7.88. The van der Waals surface area contributed by atoms with Crippen LogP contribution in [-0.4, -0.2) is 13.6 Å². The monoisotopic (exact) mass is 324 g/mol. The Bertz CT molecular complexity index is 759. The third kappa shape index (κ3) is 3.05. The molecule has 1 aliphatic rings. The summed E-state index contributed by atoms with van der Waals surface area (Å²) in [6.45, 7) is 1.97. The van der Waals surface area contributed by atoms with Crippen LogP contribution in [0.1, 0.15) is 36.2 Å². The summed E-state index contributed by atoms with van der Waals surface area (Å²) in [5.41, 5.74) is 1.67. The fourth-order valence-corrected chi connectivity index (χ4v) is 4.26. The molecular weight excluding hydrogens is 307 g/mol. The molecule has 22 heavy (non-hydrogen) atoms. The number of nitrogens with one attached hydrogen (secondary N) is 1. The molecule has 5 nitrogen and oxygen atoms in total. The highest BCUT2D eigenvalue weighted by atomic mass is 32.2. The third-order valence-corrected chi connectivity index (χ3v) is 5.33. The van der Waals surface area contributed by atoms with Crippen molar-refractivity contribution in [2.24, 2.45) is 5.92 Å². The summed E-state index contributed by atoms with van der Waals surface area (Å²) in [6, 6.07) is 5.91. The maximum atomic E-state index is 13.9. The number of rotatable bonds is 4. The Morgan fingerprint density at radius 1 is 1.41 bits per heavy atom. The van der Waals surface area contributed by atoms with E-state index in [1.54, 1.807) is 12.1 Å². The van der Waals surface area contributed by atoms with Crippen LogP contribution in [0.25, 0.3) is 0 Å². The van der Waals surface area contributed by atoms with Gasteiger partial charge in [0.25, 0.3) is 0 Å². The number of halogens is 1. The van der Waals surface area contributed by atoms with Crippen molar-refractivity contribution in [3.8, 4) is 0 Å². The van der Waals surface area contributed by atoms with Gasteiger partial charge in [-0.05, 0) is 36.0 Å². The van der Waals surface area contributed by atoms with Crippen molar-refractivity contribution >= 4 is 10.0 Å². The van der Waals surface area contributed by atoms with E-state index in [0.29, 0.717) is 17.7 Å².